The van der Waals surface area contributed by atoms with Crippen LogP contribution in [0.2, 0.25) is 0 Å². The summed E-state index contributed by atoms with van der Waals surface area (Å²) in [6.07, 6.45) is 0. The largest absolute Gasteiger partial charge is 0.455 e. The number of rotatable bonds is 14. The first-order valence-electron chi connectivity index (χ1n) is 36.9. The van der Waals surface area contributed by atoms with E-state index in [-0.39, 0.29) is 0 Å². The summed E-state index contributed by atoms with van der Waals surface area (Å²) in [6.45, 7) is 0. The molecular weight excluding hydrogens is 1340 g/mol. The lowest BCUT2D eigenvalue weighted by molar-refractivity contribution is 0.670. The van der Waals surface area contributed by atoms with Gasteiger partial charge in [0, 0.05) is 66.1 Å². The number of benzene rings is 16. The Morgan fingerprint density at radius 3 is 0.700 bits per heavy atom. The summed E-state index contributed by atoms with van der Waals surface area (Å²) in [5, 5.41) is 3.99. The third-order valence-corrected chi connectivity index (χ3v) is 20.2. The maximum absolute atomic E-state index is 7.33. The highest BCUT2D eigenvalue weighted by Gasteiger charge is 2.27. The van der Waals surface area contributed by atoms with Crippen LogP contribution in [-0.2, 0) is 0 Å². The van der Waals surface area contributed by atoms with Crippen molar-refractivity contribution in [2.45, 2.75) is 0 Å². The molecule has 0 amide bonds. The standard InChI is InChI=1S/C57H37N3O.C45H29N3O/c1-7-19-38(20-8-1)44-33-45(39-21-9-2-10-22-39)35-47(34-44)48-31-32-49(57-59-55(42-27-15-5-16-28-42)58-56(60-57)43-29-17-6-18-30-43)52-51-37-46(40-23-11-3-12-24-40)36-50(53(51)61-54(48)52)41-25-13-4-14-26-41;1-6-16-30(17-7-1)35-28-38(32-20-10-3-11-21-32)41-39(29-35)40-36(31-18-8-2-9-19-31)26-27-37(42(40)49-41)45-47-43(33-22-12-4-13-23-33)46-44(48-45)34-24-14-5-15-25-34/h1-37H;1-29H. The Labute approximate surface area is 636 Å². The van der Waals surface area contributed by atoms with Crippen molar-refractivity contribution in [3.63, 3.8) is 0 Å². The predicted octanol–water partition coefficient (Wildman–Crippen LogP) is 26.9. The Morgan fingerprint density at radius 1 is 0.136 bits per heavy atom. The van der Waals surface area contributed by atoms with Crippen LogP contribution in [0.3, 0.4) is 0 Å². The van der Waals surface area contributed by atoms with Gasteiger partial charge >= 0.3 is 0 Å². The van der Waals surface area contributed by atoms with Gasteiger partial charge in [0.2, 0.25) is 0 Å². The number of aromatic nitrogens is 6. The Morgan fingerprint density at radius 2 is 0.364 bits per heavy atom. The van der Waals surface area contributed by atoms with Gasteiger partial charge in [-0.15, -0.1) is 0 Å². The fourth-order valence-corrected chi connectivity index (χ4v) is 14.9. The second-order valence-electron chi connectivity index (χ2n) is 27.2. The van der Waals surface area contributed by atoms with Gasteiger partial charge < -0.3 is 8.83 Å². The van der Waals surface area contributed by atoms with Crippen molar-refractivity contribution in [2.24, 2.45) is 0 Å². The molecule has 0 bridgehead atoms. The molecule has 0 aliphatic carbocycles. The van der Waals surface area contributed by atoms with E-state index in [9.17, 15) is 0 Å². The number of hydrogen-bond acceptors (Lipinski definition) is 8. The molecule has 20 aromatic rings. The molecule has 4 heterocycles. The van der Waals surface area contributed by atoms with Crippen molar-refractivity contribution in [3.05, 3.63) is 400 Å². The fourth-order valence-electron chi connectivity index (χ4n) is 14.9. The topological polar surface area (TPSA) is 104 Å². The van der Waals surface area contributed by atoms with Crippen LogP contribution in [-0.4, -0.2) is 29.9 Å². The monoisotopic (exact) mass is 1410 g/mol. The van der Waals surface area contributed by atoms with E-state index in [1.807, 2.05) is 133 Å². The quantitative estimate of drug-likeness (QED) is 0.106. The van der Waals surface area contributed by atoms with Gasteiger partial charge in [0.15, 0.2) is 34.9 Å². The normalized spacial score (nSPS) is 11.3. The van der Waals surface area contributed by atoms with Gasteiger partial charge in [-0.05, 0) is 133 Å². The van der Waals surface area contributed by atoms with Gasteiger partial charge in [0.1, 0.15) is 22.3 Å². The summed E-state index contributed by atoms with van der Waals surface area (Å²) in [7, 11) is 0. The lowest BCUT2D eigenvalue weighted by Crippen LogP contribution is -2.00. The number of nitrogens with zero attached hydrogens (tertiary/aromatic N) is 6. The Balaban J connectivity index is 0.000000153. The average molecular weight is 1410 g/mol. The molecule has 0 unspecified atom stereocenters. The highest BCUT2D eigenvalue weighted by Crippen LogP contribution is 2.49. The molecule has 8 nitrogen and oxygen atoms in total. The Hall–Kier alpha value is -14.9. The maximum atomic E-state index is 7.33. The Kier molecular flexibility index (Phi) is 17.5. The molecule has 0 aliphatic heterocycles. The summed E-state index contributed by atoms with van der Waals surface area (Å²) >= 11 is 0. The van der Waals surface area contributed by atoms with Crippen LogP contribution < -0.4 is 0 Å². The van der Waals surface area contributed by atoms with E-state index in [0.29, 0.717) is 34.9 Å². The molecule has 0 atom stereocenters. The minimum Gasteiger partial charge on any atom is -0.455 e. The van der Waals surface area contributed by atoms with Crippen LogP contribution in [0, 0.1) is 0 Å². The summed E-state index contributed by atoms with van der Waals surface area (Å²) in [6, 6.07) is 139. The molecule has 0 saturated carbocycles. The molecule has 16 aromatic carbocycles. The molecule has 0 saturated heterocycles. The highest BCUT2D eigenvalue weighted by atomic mass is 16.3. The van der Waals surface area contributed by atoms with Crippen molar-refractivity contribution in [3.8, 4) is 157 Å². The number of furan rings is 2. The van der Waals surface area contributed by atoms with E-state index in [2.05, 4.69) is 267 Å². The smallest absolute Gasteiger partial charge is 0.167 e. The van der Waals surface area contributed by atoms with Crippen molar-refractivity contribution in [1.29, 1.82) is 0 Å². The molecule has 0 aliphatic rings. The Bertz CT molecular complexity index is 6520. The molecule has 0 spiro atoms. The van der Waals surface area contributed by atoms with Gasteiger partial charge in [-0.25, -0.2) is 29.9 Å². The van der Waals surface area contributed by atoms with E-state index < -0.39 is 0 Å². The van der Waals surface area contributed by atoms with E-state index in [1.54, 1.807) is 0 Å². The average Bonchev–Trinajstić information content (AvgIpc) is 1.57. The first kappa shape index (κ1) is 65.9. The third-order valence-electron chi connectivity index (χ3n) is 20.2. The zero-order valence-electron chi connectivity index (χ0n) is 59.6. The SMILES string of the molecule is c1ccc(-c2cc(-c3ccccc3)c3oc4c(-c5nc(-c6ccccc6)nc(-c6ccccc6)n5)ccc(-c5ccccc5)c4c3c2)cc1.c1ccc(-c2cc(-c3ccccc3)cc(-c3ccc(-c4nc(-c5ccccc5)nc(-c5ccccc5)n4)c4c3oc3c(-c5ccccc5)cc(-c5ccccc5)cc34)c2)cc1. The van der Waals surface area contributed by atoms with Crippen LogP contribution >= 0.6 is 0 Å². The zero-order chi connectivity index (χ0) is 73.1. The van der Waals surface area contributed by atoms with Gasteiger partial charge in [0.25, 0.3) is 0 Å². The lowest BCUT2D eigenvalue weighted by Gasteiger charge is -2.13. The molecule has 4 aromatic heterocycles. The maximum Gasteiger partial charge on any atom is 0.167 e. The van der Waals surface area contributed by atoms with Crippen LogP contribution in [0.1, 0.15) is 0 Å². The molecule has 8 heteroatoms. The van der Waals surface area contributed by atoms with Crippen molar-refractivity contribution in [1.82, 2.24) is 29.9 Å². The minimum atomic E-state index is 0.556. The van der Waals surface area contributed by atoms with E-state index >= 15 is 0 Å². The molecule has 0 radical (unpaired) electrons. The van der Waals surface area contributed by atoms with E-state index in [4.69, 9.17) is 38.7 Å². The third kappa shape index (κ3) is 12.9. The number of hydrogen-bond donors (Lipinski definition) is 0. The predicted molar refractivity (Wildman–Crippen MR) is 450 cm³/mol. The van der Waals surface area contributed by atoms with Crippen molar-refractivity contribution in [2.75, 3.05) is 0 Å². The highest BCUT2D eigenvalue weighted by molar-refractivity contribution is 6.21. The molecule has 20 rings (SSSR count). The van der Waals surface area contributed by atoms with Crippen LogP contribution in [0.4, 0.5) is 0 Å². The molecule has 0 N–H and O–H groups in total. The molecule has 0 fully saturated rings. The van der Waals surface area contributed by atoms with Gasteiger partial charge in [0.05, 0.1) is 5.56 Å². The van der Waals surface area contributed by atoms with Crippen LogP contribution in [0.15, 0.2) is 409 Å². The van der Waals surface area contributed by atoms with Crippen molar-refractivity contribution < 1.29 is 8.83 Å². The first-order valence-corrected chi connectivity index (χ1v) is 36.9. The van der Waals surface area contributed by atoms with Crippen LogP contribution in [0.5, 0.6) is 0 Å². The lowest BCUT2D eigenvalue weighted by atomic mass is 9.91. The zero-order valence-corrected chi connectivity index (χ0v) is 59.6. The van der Waals surface area contributed by atoms with E-state index in [1.165, 1.54) is 0 Å². The minimum absolute atomic E-state index is 0.556. The van der Waals surface area contributed by atoms with Crippen molar-refractivity contribution >= 4 is 43.9 Å². The van der Waals surface area contributed by atoms with Gasteiger partial charge in [-0.3, -0.25) is 0 Å². The molecule has 516 valence electrons. The molecular formula is C102H66N6O2. The second-order valence-corrected chi connectivity index (χ2v) is 27.2. The second kappa shape index (κ2) is 29.2. The summed E-state index contributed by atoms with van der Waals surface area (Å²) in [5.41, 5.74) is 25.9. The summed E-state index contributed by atoms with van der Waals surface area (Å²) < 4.78 is 14.4. The van der Waals surface area contributed by atoms with Gasteiger partial charge in [-0.2, -0.15) is 0 Å². The number of fused-ring (bicyclic) bond motifs is 6. The molecule has 110 heavy (non-hydrogen) atoms. The summed E-state index contributed by atoms with van der Waals surface area (Å²) in [4.78, 5) is 30.6. The first-order chi connectivity index (χ1) is 54.5. The van der Waals surface area contributed by atoms with Gasteiger partial charge in [-0.1, -0.05) is 340 Å². The summed E-state index contributed by atoms with van der Waals surface area (Å²) in [5.74, 6) is 3.55. The van der Waals surface area contributed by atoms with Crippen LogP contribution in [0.25, 0.3) is 201 Å². The fraction of sp³-hybridized carbons (Fsp3) is 0. The van der Waals surface area contributed by atoms with E-state index in [0.717, 1.165) is 166 Å².